The summed E-state index contributed by atoms with van der Waals surface area (Å²) in [6.07, 6.45) is 11.7. The molecule has 0 aromatic heterocycles. The van der Waals surface area contributed by atoms with Crippen molar-refractivity contribution in [1.82, 2.24) is 0 Å². The van der Waals surface area contributed by atoms with Gasteiger partial charge in [0.05, 0.1) is 0 Å². The minimum atomic E-state index is 0.730. The van der Waals surface area contributed by atoms with Crippen LogP contribution in [0, 0.1) is 5.41 Å². The average Bonchev–Trinajstić information content (AvgIpc) is 2.03. The minimum Gasteiger partial charge on any atom is -0.0654 e. The van der Waals surface area contributed by atoms with E-state index < -0.39 is 0 Å². The van der Waals surface area contributed by atoms with Crippen LogP contribution in [0.25, 0.3) is 0 Å². The highest BCUT2D eigenvalue weighted by molar-refractivity contribution is 4.77. The fourth-order valence-corrected chi connectivity index (χ4v) is 2.26. The third-order valence-electron chi connectivity index (χ3n) is 3.19. The molecule has 0 bridgehead atoms. The largest absolute Gasteiger partial charge is 0.0654 e. The summed E-state index contributed by atoms with van der Waals surface area (Å²) >= 11 is 0. The van der Waals surface area contributed by atoms with Crippen LogP contribution in [0.4, 0.5) is 0 Å². The third kappa shape index (κ3) is 2.84. The maximum atomic E-state index is 2.49. The summed E-state index contributed by atoms with van der Waals surface area (Å²) in [4.78, 5) is 0. The zero-order valence-electron chi connectivity index (χ0n) is 8.16. The monoisotopic (exact) mass is 154 g/mol. The van der Waals surface area contributed by atoms with Crippen molar-refractivity contribution in [2.45, 2.75) is 65.2 Å². The van der Waals surface area contributed by atoms with Gasteiger partial charge in [0.1, 0.15) is 0 Å². The van der Waals surface area contributed by atoms with Gasteiger partial charge in [0.25, 0.3) is 0 Å². The molecular weight excluding hydrogens is 132 g/mol. The van der Waals surface area contributed by atoms with Crippen LogP contribution in [0.15, 0.2) is 0 Å². The van der Waals surface area contributed by atoms with Gasteiger partial charge in [0.2, 0.25) is 0 Å². The molecule has 0 heteroatoms. The van der Waals surface area contributed by atoms with E-state index in [1.807, 2.05) is 0 Å². The van der Waals surface area contributed by atoms with E-state index in [1.54, 1.807) is 0 Å². The minimum absolute atomic E-state index is 0.730. The Labute approximate surface area is 71.4 Å². The summed E-state index contributed by atoms with van der Waals surface area (Å²) in [7, 11) is 0. The summed E-state index contributed by atoms with van der Waals surface area (Å²) in [5.41, 5.74) is 0.730. The first kappa shape index (κ1) is 9.09. The van der Waals surface area contributed by atoms with Crippen molar-refractivity contribution in [2.75, 3.05) is 0 Å². The predicted octanol–water partition coefficient (Wildman–Crippen LogP) is 4.15. The van der Waals surface area contributed by atoms with Crippen molar-refractivity contribution in [3.8, 4) is 0 Å². The molecule has 0 spiro atoms. The molecule has 1 aliphatic carbocycles. The SMILES string of the molecule is CCCCC1(C)CCCCC1. The van der Waals surface area contributed by atoms with Crippen LogP contribution >= 0.6 is 0 Å². The molecular formula is C11H22. The van der Waals surface area contributed by atoms with Crippen LogP contribution in [0.1, 0.15) is 65.2 Å². The van der Waals surface area contributed by atoms with Gasteiger partial charge in [-0.1, -0.05) is 46.0 Å². The molecule has 0 amide bonds. The Morgan fingerprint density at radius 3 is 2.27 bits per heavy atom. The van der Waals surface area contributed by atoms with E-state index in [9.17, 15) is 0 Å². The highest BCUT2D eigenvalue weighted by Gasteiger charge is 2.25. The molecule has 66 valence electrons. The molecule has 0 nitrogen and oxygen atoms in total. The second-order valence-electron chi connectivity index (χ2n) is 4.47. The van der Waals surface area contributed by atoms with Crippen LogP contribution in [-0.4, -0.2) is 0 Å². The van der Waals surface area contributed by atoms with Crippen molar-refractivity contribution in [2.24, 2.45) is 5.41 Å². The van der Waals surface area contributed by atoms with Gasteiger partial charge >= 0.3 is 0 Å². The van der Waals surface area contributed by atoms with E-state index in [4.69, 9.17) is 0 Å². The van der Waals surface area contributed by atoms with E-state index in [0.29, 0.717) is 0 Å². The zero-order chi connectivity index (χ0) is 8.16. The van der Waals surface area contributed by atoms with E-state index >= 15 is 0 Å². The Bertz CT molecular complexity index is 98.6. The van der Waals surface area contributed by atoms with Gasteiger partial charge in [-0.05, 0) is 24.7 Å². The number of hydrogen-bond acceptors (Lipinski definition) is 0. The molecule has 0 saturated heterocycles. The van der Waals surface area contributed by atoms with Crippen molar-refractivity contribution in [3.05, 3.63) is 0 Å². The van der Waals surface area contributed by atoms with Gasteiger partial charge in [-0.2, -0.15) is 0 Å². The van der Waals surface area contributed by atoms with Gasteiger partial charge in [-0.15, -0.1) is 0 Å². The van der Waals surface area contributed by atoms with Crippen LogP contribution in [0.2, 0.25) is 0 Å². The first-order valence-corrected chi connectivity index (χ1v) is 5.27. The first-order chi connectivity index (χ1) is 5.27. The quantitative estimate of drug-likeness (QED) is 0.573. The fourth-order valence-electron chi connectivity index (χ4n) is 2.26. The summed E-state index contributed by atoms with van der Waals surface area (Å²) in [5.74, 6) is 0. The first-order valence-electron chi connectivity index (χ1n) is 5.27. The predicted molar refractivity (Wildman–Crippen MR) is 50.7 cm³/mol. The van der Waals surface area contributed by atoms with Crippen molar-refractivity contribution in [1.29, 1.82) is 0 Å². The van der Waals surface area contributed by atoms with Gasteiger partial charge < -0.3 is 0 Å². The lowest BCUT2D eigenvalue weighted by atomic mass is 9.73. The molecule has 1 saturated carbocycles. The summed E-state index contributed by atoms with van der Waals surface area (Å²) < 4.78 is 0. The maximum Gasteiger partial charge on any atom is -0.0326 e. The lowest BCUT2D eigenvalue weighted by Crippen LogP contribution is -2.19. The zero-order valence-corrected chi connectivity index (χ0v) is 8.16. The Balaban J connectivity index is 2.25. The molecule has 1 aliphatic rings. The molecule has 1 rings (SSSR count). The molecule has 0 heterocycles. The van der Waals surface area contributed by atoms with Gasteiger partial charge in [0.15, 0.2) is 0 Å². The summed E-state index contributed by atoms with van der Waals surface area (Å²) in [6, 6.07) is 0. The Morgan fingerprint density at radius 2 is 1.73 bits per heavy atom. The van der Waals surface area contributed by atoms with Gasteiger partial charge in [-0.25, -0.2) is 0 Å². The van der Waals surface area contributed by atoms with E-state index in [2.05, 4.69) is 13.8 Å². The molecule has 0 N–H and O–H groups in total. The number of rotatable bonds is 3. The smallest absolute Gasteiger partial charge is 0.0326 e. The van der Waals surface area contributed by atoms with Crippen molar-refractivity contribution in [3.63, 3.8) is 0 Å². The molecule has 1 fully saturated rings. The molecule has 0 aliphatic heterocycles. The molecule has 0 aromatic rings. The lowest BCUT2D eigenvalue weighted by Gasteiger charge is -2.33. The summed E-state index contributed by atoms with van der Waals surface area (Å²) in [5, 5.41) is 0. The van der Waals surface area contributed by atoms with Crippen molar-refractivity contribution >= 4 is 0 Å². The van der Waals surface area contributed by atoms with Gasteiger partial charge in [-0.3, -0.25) is 0 Å². The number of unbranched alkanes of at least 4 members (excludes halogenated alkanes) is 1. The second kappa shape index (κ2) is 4.13. The molecule has 0 radical (unpaired) electrons. The van der Waals surface area contributed by atoms with E-state index in [0.717, 1.165) is 5.41 Å². The normalized spacial score (nSPS) is 23.5. The highest BCUT2D eigenvalue weighted by Crippen LogP contribution is 2.39. The second-order valence-corrected chi connectivity index (χ2v) is 4.47. The van der Waals surface area contributed by atoms with E-state index in [-0.39, 0.29) is 0 Å². The fraction of sp³-hybridized carbons (Fsp3) is 1.00. The topological polar surface area (TPSA) is 0 Å². The molecule has 0 unspecified atom stereocenters. The van der Waals surface area contributed by atoms with Gasteiger partial charge in [0, 0.05) is 0 Å². The van der Waals surface area contributed by atoms with Crippen LogP contribution in [-0.2, 0) is 0 Å². The lowest BCUT2D eigenvalue weighted by molar-refractivity contribution is 0.194. The van der Waals surface area contributed by atoms with E-state index in [1.165, 1.54) is 51.4 Å². The van der Waals surface area contributed by atoms with Crippen LogP contribution in [0.5, 0.6) is 0 Å². The Hall–Kier alpha value is 0. The third-order valence-corrected chi connectivity index (χ3v) is 3.19. The molecule has 11 heavy (non-hydrogen) atoms. The maximum absolute atomic E-state index is 2.49. The van der Waals surface area contributed by atoms with Crippen LogP contribution in [0.3, 0.4) is 0 Å². The Morgan fingerprint density at radius 1 is 1.09 bits per heavy atom. The average molecular weight is 154 g/mol. The molecule has 0 aromatic carbocycles. The van der Waals surface area contributed by atoms with Crippen LogP contribution < -0.4 is 0 Å². The highest BCUT2D eigenvalue weighted by atomic mass is 14.3. The summed E-state index contributed by atoms with van der Waals surface area (Å²) in [6.45, 7) is 4.79. The van der Waals surface area contributed by atoms with Crippen molar-refractivity contribution < 1.29 is 0 Å². The Kier molecular flexibility index (Phi) is 3.42. The number of hydrogen-bond donors (Lipinski definition) is 0. The molecule has 0 atom stereocenters. The standard InChI is InChI=1S/C11H22/c1-3-4-8-11(2)9-6-5-7-10-11/h3-10H2,1-2H3.